The third-order valence-electron chi connectivity index (χ3n) is 11.2. The fourth-order valence-electron chi connectivity index (χ4n) is 9.43. The van der Waals surface area contributed by atoms with Gasteiger partial charge in [-0.05, 0) is 0 Å². The van der Waals surface area contributed by atoms with Crippen molar-refractivity contribution >= 4 is 64.9 Å². The Morgan fingerprint density at radius 3 is 1.69 bits per heavy atom. The summed E-state index contributed by atoms with van der Waals surface area (Å²) in [5, 5.41) is 5.30. The molecule has 0 heterocycles. The van der Waals surface area contributed by atoms with E-state index in [-0.39, 0.29) is 24.8 Å². The van der Waals surface area contributed by atoms with Gasteiger partial charge < -0.3 is 0 Å². The summed E-state index contributed by atoms with van der Waals surface area (Å²) >= 11 is -3.94. The van der Waals surface area contributed by atoms with Gasteiger partial charge in [-0.2, -0.15) is 0 Å². The Kier molecular flexibility index (Phi) is 9.22. The van der Waals surface area contributed by atoms with E-state index >= 15 is 0 Å². The van der Waals surface area contributed by atoms with Gasteiger partial charge >= 0.3 is 278 Å². The van der Waals surface area contributed by atoms with E-state index in [1.165, 1.54) is 54.9 Å². The van der Waals surface area contributed by atoms with Gasteiger partial charge in [-0.3, -0.25) is 0 Å². The van der Waals surface area contributed by atoms with E-state index in [0.29, 0.717) is 13.3 Å². The summed E-state index contributed by atoms with van der Waals surface area (Å²) in [6, 6.07) is 47.9. The molecular formula is C44H44Cl2HfSi. The number of fused-ring (bicyclic) bond motifs is 4. The first-order valence-electron chi connectivity index (χ1n) is 16.8. The SMILES string of the molecule is CC1=C(c2cccc3ccccc23)c2ccccc2[CH]1[Hf]([CH3])([CH3])(=[SiH2])[CH]1C(C(C)C)=Cc2c(-c3cccc4ccccc34)cccc21.Cl.Cl. The molecule has 2 aliphatic rings. The van der Waals surface area contributed by atoms with Crippen molar-refractivity contribution < 1.29 is 17.1 Å². The molecule has 2 unspecified atom stereocenters. The fraction of sp³-hybridized carbons (Fsp3) is 0.182. The van der Waals surface area contributed by atoms with Gasteiger partial charge in [-0.25, -0.2) is 0 Å². The minimum Gasteiger partial charge on any atom is -0.147 e. The summed E-state index contributed by atoms with van der Waals surface area (Å²) < 4.78 is 6.53. The molecule has 0 radical (unpaired) electrons. The Balaban J connectivity index is 0.00000201. The van der Waals surface area contributed by atoms with E-state index in [2.05, 4.69) is 171 Å². The smallest absolute Gasteiger partial charge is 0.147 e. The summed E-state index contributed by atoms with van der Waals surface area (Å²) in [6.45, 7) is 9.78. The molecule has 48 heavy (non-hydrogen) atoms. The monoisotopic (exact) mass is 850 g/mol. The molecule has 242 valence electrons. The van der Waals surface area contributed by atoms with Crippen LogP contribution >= 0.6 is 24.8 Å². The molecule has 0 saturated carbocycles. The van der Waals surface area contributed by atoms with Crippen LogP contribution in [-0.2, 0) is 17.1 Å². The average Bonchev–Trinajstić information content (AvgIpc) is 3.61. The molecule has 0 bridgehead atoms. The van der Waals surface area contributed by atoms with Gasteiger partial charge in [0, 0.05) is 0 Å². The molecule has 6 aromatic rings. The van der Waals surface area contributed by atoms with Crippen molar-refractivity contribution in [1.29, 1.82) is 0 Å². The molecule has 0 fully saturated rings. The topological polar surface area (TPSA) is 0 Å². The van der Waals surface area contributed by atoms with Crippen LogP contribution in [0.25, 0.3) is 44.3 Å². The molecule has 0 nitrogen and oxygen atoms in total. The van der Waals surface area contributed by atoms with E-state index in [1.54, 1.807) is 22.3 Å². The van der Waals surface area contributed by atoms with Crippen molar-refractivity contribution in [3.63, 3.8) is 0 Å². The molecule has 8 rings (SSSR count). The molecule has 0 amide bonds. The van der Waals surface area contributed by atoms with Crippen LogP contribution in [0.2, 0.25) is 9.36 Å². The number of hydrogen-bond donors (Lipinski definition) is 0. The van der Waals surface area contributed by atoms with Crippen LogP contribution in [-0.4, -0.2) is 6.94 Å². The number of hydrogen-bond acceptors (Lipinski definition) is 0. The van der Waals surface area contributed by atoms with Gasteiger partial charge in [0.25, 0.3) is 0 Å². The van der Waals surface area contributed by atoms with Crippen molar-refractivity contribution in [2.45, 2.75) is 37.5 Å². The Morgan fingerprint density at radius 1 is 0.542 bits per heavy atom. The minimum atomic E-state index is -3.94. The zero-order chi connectivity index (χ0) is 31.8. The van der Waals surface area contributed by atoms with E-state index < -0.39 is 17.1 Å². The van der Waals surface area contributed by atoms with Gasteiger partial charge in [0.05, 0.1) is 0 Å². The van der Waals surface area contributed by atoms with E-state index in [9.17, 15) is 0 Å². The normalized spacial score (nSPS) is 17.2. The standard InChI is InChI=1S/C22H19.C20H15.2CH3.2ClH.Hf.H2Si/c1-15(2)18-13-17-9-6-12-21(22(17)14-18)20-11-5-8-16-7-3-4-10-19(16)20;1-14-13-16-8-3-5-11-18(16)20(14)19-12-6-9-15-7-2-4-10-17(15)19;;;;;;/h3-15H,1-2H3;2-13H,1H3;2*1H3;2*1H;;1H2. The molecule has 0 spiro atoms. The van der Waals surface area contributed by atoms with Crippen molar-refractivity contribution in [2.75, 3.05) is 0 Å². The van der Waals surface area contributed by atoms with Crippen molar-refractivity contribution in [3.05, 3.63) is 166 Å². The van der Waals surface area contributed by atoms with Gasteiger partial charge in [-0.15, -0.1) is 24.8 Å². The maximum Gasteiger partial charge on any atom is -0.147 e. The van der Waals surface area contributed by atoms with Crippen molar-refractivity contribution in [3.8, 4) is 11.1 Å². The summed E-state index contributed by atoms with van der Waals surface area (Å²) in [6.07, 6.45) is 2.62. The first-order valence-corrected chi connectivity index (χ1v) is 36.5. The second kappa shape index (κ2) is 12.7. The van der Waals surface area contributed by atoms with Crippen LogP contribution < -0.4 is 0 Å². The van der Waals surface area contributed by atoms with Crippen LogP contribution in [0.4, 0.5) is 0 Å². The Morgan fingerprint density at radius 2 is 1.02 bits per heavy atom. The molecule has 0 saturated heterocycles. The quantitative estimate of drug-likeness (QED) is 0.152. The average molecular weight is 850 g/mol. The third-order valence-corrected chi connectivity index (χ3v) is 36.5. The third kappa shape index (κ3) is 5.26. The second-order valence-electron chi connectivity index (χ2n) is 15.1. The largest absolute Gasteiger partial charge is 0.147 e. The first kappa shape index (κ1) is 34.8. The Hall–Kier alpha value is -3.01. The maximum absolute atomic E-state index is 3.94. The Bertz CT molecular complexity index is 2350. The second-order valence-corrected chi connectivity index (χ2v) is 58.6. The summed E-state index contributed by atoms with van der Waals surface area (Å²) in [5.74, 6) is 0.483. The van der Waals surface area contributed by atoms with E-state index in [1.807, 2.05) is 0 Å². The maximum atomic E-state index is 2.78. The van der Waals surface area contributed by atoms with E-state index in [4.69, 9.17) is 0 Å². The first-order chi connectivity index (χ1) is 22.1. The number of allylic oxidation sites excluding steroid dienone is 2. The van der Waals surface area contributed by atoms with Gasteiger partial charge in [-0.1, -0.05) is 0 Å². The van der Waals surface area contributed by atoms with Gasteiger partial charge in [0.15, 0.2) is 0 Å². The molecule has 6 aromatic carbocycles. The molecule has 0 aromatic heterocycles. The summed E-state index contributed by atoms with van der Waals surface area (Å²) in [4.78, 5) is 0. The number of benzene rings is 6. The fourth-order valence-corrected chi connectivity index (χ4v) is 38.9. The zero-order valence-corrected chi connectivity index (χ0v) is 35.1. The van der Waals surface area contributed by atoms with Gasteiger partial charge in [0.2, 0.25) is 0 Å². The molecular weight excluding hydrogens is 806 g/mol. The van der Waals surface area contributed by atoms with Crippen LogP contribution in [0.3, 0.4) is 0 Å². The molecule has 2 aliphatic carbocycles. The number of rotatable bonds is 5. The number of halogens is 2. The predicted molar refractivity (Wildman–Crippen MR) is 215 cm³/mol. The molecule has 0 N–H and O–H groups in total. The summed E-state index contributed by atoms with van der Waals surface area (Å²) in [7, 11) is 0. The Labute approximate surface area is 300 Å². The van der Waals surface area contributed by atoms with E-state index in [0.717, 1.165) is 0 Å². The molecule has 0 aliphatic heterocycles. The molecule has 2 atom stereocenters. The minimum absolute atomic E-state index is 0. The predicted octanol–water partition coefficient (Wildman–Crippen LogP) is 12.5. The summed E-state index contributed by atoms with van der Waals surface area (Å²) in [5.41, 5.74) is 14.8. The zero-order valence-electron chi connectivity index (χ0n) is 28.5. The van der Waals surface area contributed by atoms with Crippen LogP contribution in [0.5, 0.6) is 0 Å². The van der Waals surface area contributed by atoms with Crippen LogP contribution in [0, 0.1) is 5.92 Å². The van der Waals surface area contributed by atoms with Crippen LogP contribution in [0.1, 0.15) is 55.9 Å². The van der Waals surface area contributed by atoms with Crippen molar-refractivity contribution in [2.24, 2.45) is 5.92 Å². The van der Waals surface area contributed by atoms with Gasteiger partial charge in [0.1, 0.15) is 0 Å². The van der Waals surface area contributed by atoms with Crippen molar-refractivity contribution in [1.82, 2.24) is 0 Å². The van der Waals surface area contributed by atoms with Crippen LogP contribution in [0.15, 0.2) is 139 Å². The molecule has 4 heteroatoms.